The van der Waals surface area contributed by atoms with E-state index in [4.69, 9.17) is 9.72 Å². The van der Waals surface area contributed by atoms with E-state index in [1.807, 2.05) is 19.4 Å². The predicted octanol–water partition coefficient (Wildman–Crippen LogP) is 0.820. The van der Waals surface area contributed by atoms with E-state index < -0.39 is 0 Å². The first-order valence-corrected chi connectivity index (χ1v) is 10.3. The summed E-state index contributed by atoms with van der Waals surface area (Å²) >= 11 is 0. The average molecular weight is 384 g/mol. The number of piperidine rings is 1. The molecule has 0 saturated carbocycles. The molecule has 4 heterocycles. The second-order valence-electron chi connectivity index (χ2n) is 8.37. The maximum Gasteiger partial charge on any atom is 0.255 e. The van der Waals surface area contributed by atoms with Crippen LogP contribution in [0.4, 0.5) is 5.95 Å². The van der Waals surface area contributed by atoms with Gasteiger partial charge in [0, 0.05) is 50.1 Å². The summed E-state index contributed by atoms with van der Waals surface area (Å²) in [7, 11) is 2.04. The summed E-state index contributed by atoms with van der Waals surface area (Å²) in [6.45, 7) is 5.79. The number of hydrogen-bond acceptors (Lipinski definition) is 6. The lowest BCUT2D eigenvalue weighted by molar-refractivity contribution is 0.121. The first-order valence-electron chi connectivity index (χ1n) is 10.3. The first-order chi connectivity index (χ1) is 13.6. The summed E-state index contributed by atoms with van der Waals surface area (Å²) in [5.74, 6) is 1.80. The Labute approximate surface area is 164 Å². The molecule has 0 aromatic carbocycles. The van der Waals surface area contributed by atoms with Gasteiger partial charge < -0.3 is 14.2 Å². The molecule has 8 heteroatoms. The molecule has 1 unspecified atom stereocenters. The molecule has 0 amide bonds. The lowest BCUT2D eigenvalue weighted by Gasteiger charge is -2.40. The standard InChI is InChI=1S/C20H28N6O2/c1-24-8-6-21-16(24)13-25-7-2-4-20(14-25)5-3-15-17(20)22-19(23-18(15)27)26-9-11-28-12-10-26/h6,8H,2-5,7,9-14H2,1H3,(H,22,23,27). The average Bonchev–Trinajstić information content (AvgIpc) is 3.27. The van der Waals surface area contributed by atoms with Crippen LogP contribution in [0.15, 0.2) is 17.2 Å². The number of rotatable bonds is 3. The molecule has 2 aromatic heterocycles. The molecule has 1 atom stereocenters. The van der Waals surface area contributed by atoms with E-state index in [9.17, 15) is 4.79 Å². The van der Waals surface area contributed by atoms with Crippen LogP contribution in [0.1, 0.15) is 36.3 Å². The van der Waals surface area contributed by atoms with Crippen molar-refractivity contribution in [3.05, 3.63) is 39.8 Å². The maximum atomic E-state index is 12.8. The van der Waals surface area contributed by atoms with E-state index in [1.165, 1.54) is 0 Å². The third-order valence-electron chi connectivity index (χ3n) is 6.61. The monoisotopic (exact) mass is 384 g/mol. The fraction of sp³-hybridized carbons (Fsp3) is 0.650. The molecule has 1 aliphatic carbocycles. The van der Waals surface area contributed by atoms with Crippen molar-refractivity contribution in [3.63, 3.8) is 0 Å². The topological polar surface area (TPSA) is 79.3 Å². The van der Waals surface area contributed by atoms with Crippen LogP contribution in [-0.2, 0) is 30.2 Å². The van der Waals surface area contributed by atoms with Gasteiger partial charge in [-0.1, -0.05) is 0 Å². The van der Waals surface area contributed by atoms with Gasteiger partial charge in [0.25, 0.3) is 5.56 Å². The van der Waals surface area contributed by atoms with Crippen LogP contribution < -0.4 is 10.5 Å². The van der Waals surface area contributed by atoms with Crippen LogP contribution in [0.5, 0.6) is 0 Å². The van der Waals surface area contributed by atoms with Gasteiger partial charge in [-0.25, -0.2) is 9.97 Å². The molecule has 0 radical (unpaired) electrons. The van der Waals surface area contributed by atoms with Gasteiger partial charge in [0.2, 0.25) is 5.95 Å². The lowest BCUT2D eigenvalue weighted by Crippen LogP contribution is -2.46. The van der Waals surface area contributed by atoms with Gasteiger partial charge in [-0.2, -0.15) is 0 Å². The summed E-state index contributed by atoms with van der Waals surface area (Å²) in [5.41, 5.74) is 1.98. The molecule has 28 heavy (non-hydrogen) atoms. The molecule has 3 aliphatic rings. The van der Waals surface area contributed by atoms with Crippen molar-refractivity contribution < 1.29 is 4.74 Å². The zero-order valence-corrected chi connectivity index (χ0v) is 16.5. The van der Waals surface area contributed by atoms with Gasteiger partial charge in [-0.15, -0.1) is 0 Å². The van der Waals surface area contributed by atoms with Crippen LogP contribution in [0.3, 0.4) is 0 Å². The summed E-state index contributed by atoms with van der Waals surface area (Å²) < 4.78 is 7.54. The minimum absolute atomic E-state index is 0.00591. The quantitative estimate of drug-likeness (QED) is 0.844. The van der Waals surface area contributed by atoms with Gasteiger partial charge in [-0.3, -0.25) is 14.7 Å². The van der Waals surface area contributed by atoms with Crippen molar-refractivity contribution >= 4 is 5.95 Å². The van der Waals surface area contributed by atoms with E-state index >= 15 is 0 Å². The summed E-state index contributed by atoms with van der Waals surface area (Å²) in [5, 5.41) is 0. The molecule has 1 N–H and O–H groups in total. The number of nitrogens with zero attached hydrogens (tertiary/aromatic N) is 5. The zero-order chi connectivity index (χ0) is 19.1. The molecule has 2 aliphatic heterocycles. The SMILES string of the molecule is Cn1ccnc1CN1CCCC2(CCc3c2nc(N2CCOCC2)[nH]c3=O)C1. The van der Waals surface area contributed by atoms with Gasteiger partial charge in [0.1, 0.15) is 5.82 Å². The third-order valence-corrected chi connectivity index (χ3v) is 6.61. The second kappa shape index (κ2) is 7.00. The maximum absolute atomic E-state index is 12.8. The highest BCUT2D eigenvalue weighted by Crippen LogP contribution is 2.43. The number of morpholine rings is 1. The smallest absolute Gasteiger partial charge is 0.255 e. The third kappa shape index (κ3) is 3.04. The van der Waals surface area contributed by atoms with Crippen LogP contribution in [0.25, 0.3) is 0 Å². The number of aryl methyl sites for hydroxylation is 1. The fourth-order valence-electron chi connectivity index (χ4n) is 5.07. The highest BCUT2D eigenvalue weighted by molar-refractivity contribution is 5.40. The van der Waals surface area contributed by atoms with E-state index in [-0.39, 0.29) is 11.0 Å². The second-order valence-corrected chi connectivity index (χ2v) is 8.37. The van der Waals surface area contributed by atoms with Crippen molar-refractivity contribution in [2.75, 3.05) is 44.3 Å². The number of imidazole rings is 1. The molecular formula is C20H28N6O2. The molecule has 2 fully saturated rings. The largest absolute Gasteiger partial charge is 0.378 e. The number of anilines is 1. The minimum Gasteiger partial charge on any atom is -0.378 e. The predicted molar refractivity (Wildman–Crippen MR) is 106 cm³/mol. The fourth-order valence-corrected chi connectivity index (χ4v) is 5.07. The van der Waals surface area contributed by atoms with Crippen LogP contribution in [-0.4, -0.2) is 63.8 Å². The van der Waals surface area contributed by atoms with E-state index in [0.29, 0.717) is 13.2 Å². The Bertz CT molecular complexity index is 916. The van der Waals surface area contributed by atoms with E-state index in [2.05, 4.69) is 24.3 Å². The highest BCUT2D eigenvalue weighted by atomic mass is 16.5. The number of likely N-dealkylation sites (tertiary alicyclic amines) is 1. The number of aromatic nitrogens is 4. The van der Waals surface area contributed by atoms with Crippen LogP contribution >= 0.6 is 0 Å². The molecule has 0 bridgehead atoms. The molecule has 150 valence electrons. The molecule has 5 rings (SSSR count). The van der Waals surface area contributed by atoms with Crippen molar-refractivity contribution in [3.8, 4) is 0 Å². The Morgan fingerprint density at radius 2 is 2.11 bits per heavy atom. The Morgan fingerprint density at radius 1 is 1.25 bits per heavy atom. The Kier molecular flexibility index (Phi) is 4.47. The van der Waals surface area contributed by atoms with Crippen molar-refractivity contribution in [2.24, 2.45) is 7.05 Å². The van der Waals surface area contributed by atoms with Crippen molar-refractivity contribution in [1.29, 1.82) is 0 Å². The van der Waals surface area contributed by atoms with Crippen LogP contribution in [0.2, 0.25) is 0 Å². The molecule has 8 nitrogen and oxygen atoms in total. The summed E-state index contributed by atoms with van der Waals surface area (Å²) in [4.78, 5) is 30.0. The van der Waals surface area contributed by atoms with Gasteiger partial charge in [0.05, 0.1) is 25.5 Å². The Hall–Kier alpha value is -2.19. The minimum atomic E-state index is -0.00591. The molecule has 1 spiro atoms. The number of fused-ring (bicyclic) bond motifs is 2. The molecule has 2 saturated heterocycles. The summed E-state index contributed by atoms with van der Waals surface area (Å²) in [6, 6.07) is 0. The number of H-pyrrole nitrogens is 1. The number of nitrogens with one attached hydrogen (secondary N) is 1. The Morgan fingerprint density at radius 3 is 2.89 bits per heavy atom. The zero-order valence-electron chi connectivity index (χ0n) is 16.5. The lowest BCUT2D eigenvalue weighted by atomic mass is 9.77. The van der Waals surface area contributed by atoms with E-state index in [1.54, 1.807) is 0 Å². The highest BCUT2D eigenvalue weighted by Gasteiger charge is 2.45. The number of aromatic amines is 1. The van der Waals surface area contributed by atoms with Gasteiger partial charge in [0.15, 0.2) is 0 Å². The van der Waals surface area contributed by atoms with Gasteiger partial charge in [-0.05, 0) is 32.2 Å². The van der Waals surface area contributed by atoms with Gasteiger partial charge >= 0.3 is 0 Å². The van der Waals surface area contributed by atoms with Crippen LogP contribution in [0, 0.1) is 0 Å². The normalized spacial score (nSPS) is 25.4. The molecule has 2 aromatic rings. The number of hydrogen-bond donors (Lipinski definition) is 1. The van der Waals surface area contributed by atoms with Crippen molar-refractivity contribution in [1.82, 2.24) is 24.4 Å². The summed E-state index contributed by atoms with van der Waals surface area (Å²) in [6.07, 6.45) is 7.94. The number of ether oxygens (including phenoxy) is 1. The molecular weight excluding hydrogens is 356 g/mol. The van der Waals surface area contributed by atoms with E-state index in [0.717, 1.165) is 81.4 Å². The Balaban J connectivity index is 1.44. The van der Waals surface area contributed by atoms with Crippen molar-refractivity contribution in [2.45, 2.75) is 37.6 Å². The first kappa shape index (κ1) is 17.9.